The first kappa shape index (κ1) is 23.9. The van der Waals surface area contributed by atoms with Gasteiger partial charge in [0.15, 0.2) is 11.6 Å². The zero-order valence-corrected chi connectivity index (χ0v) is 19.9. The van der Waals surface area contributed by atoms with Gasteiger partial charge in [0.1, 0.15) is 12.4 Å². The molecule has 1 heterocycles. The van der Waals surface area contributed by atoms with Crippen LogP contribution >= 0.6 is 0 Å². The van der Waals surface area contributed by atoms with Crippen molar-refractivity contribution >= 4 is 29.5 Å². The molecule has 1 fully saturated rings. The van der Waals surface area contributed by atoms with Crippen molar-refractivity contribution < 1.29 is 38.6 Å². The second-order valence-corrected chi connectivity index (χ2v) is 9.35. The van der Waals surface area contributed by atoms with Crippen molar-refractivity contribution in [2.24, 2.45) is 17.8 Å². The third-order valence-electron chi connectivity index (χ3n) is 7.49. The Labute approximate surface area is 207 Å². The fourth-order valence-electron chi connectivity index (χ4n) is 5.95. The van der Waals surface area contributed by atoms with Gasteiger partial charge in [0, 0.05) is 22.6 Å². The molecule has 0 spiro atoms. The van der Waals surface area contributed by atoms with Crippen LogP contribution in [0.4, 0.5) is 4.79 Å². The lowest BCUT2D eigenvalue weighted by atomic mass is 9.59. The van der Waals surface area contributed by atoms with Gasteiger partial charge in [-0.2, -0.15) is 4.90 Å². The summed E-state index contributed by atoms with van der Waals surface area (Å²) in [5, 5.41) is 9.01. The van der Waals surface area contributed by atoms with Gasteiger partial charge in [-0.1, -0.05) is 23.8 Å². The number of hydrogen-bond donors (Lipinski definition) is 1. The molecule has 1 N–H and O–H groups in total. The number of Topliss-reactive ketones (excluding diaryl/α,β-unsaturated/α-hetero) is 1. The van der Waals surface area contributed by atoms with Crippen molar-refractivity contribution in [1.82, 2.24) is 4.90 Å². The minimum atomic E-state index is -1.02. The van der Waals surface area contributed by atoms with Gasteiger partial charge in [0.2, 0.25) is 11.8 Å². The van der Waals surface area contributed by atoms with E-state index >= 15 is 0 Å². The third kappa shape index (κ3) is 3.53. The van der Waals surface area contributed by atoms with Crippen molar-refractivity contribution in [1.29, 1.82) is 0 Å². The van der Waals surface area contributed by atoms with Crippen LogP contribution in [0.15, 0.2) is 58.7 Å². The Bertz CT molecular complexity index is 1290. The topological polar surface area (TPSA) is 127 Å². The summed E-state index contributed by atoms with van der Waals surface area (Å²) in [6.45, 7) is 1.60. The number of imide groups is 3. The molecule has 5 rings (SSSR count). The van der Waals surface area contributed by atoms with E-state index < -0.39 is 41.6 Å². The van der Waals surface area contributed by atoms with Gasteiger partial charge in [0.25, 0.3) is 0 Å². The second-order valence-electron chi connectivity index (χ2n) is 9.35. The SMILES string of the molecule is COC(=O)N1C(=O)[C@H]2[C@H](CC=C3[C@H](c4ccc(OCCO)cc4)C4=C(C[C@H]32)C(=O)C(C)=CC4=O)C1=O. The van der Waals surface area contributed by atoms with Gasteiger partial charge >= 0.3 is 6.09 Å². The van der Waals surface area contributed by atoms with Crippen LogP contribution in [-0.4, -0.2) is 59.8 Å². The molecular weight excluding hydrogens is 466 g/mol. The second kappa shape index (κ2) is 8.98. The zero-order valence-electron chi connectivity index (χ0n) is 19.9. The first-order valence-corrected chi connectivity index (χ1v) is 11.8. The number of carbonyl (C=O) groups is 5. The van der Waals surface area contributed by atoms with E-state index in [1.807, 2.05) is 6.08 Å². The van der Waals surface area contributed by atoms with Crippen LogP contribution in [0.3, 0.4) is 0 Å². The maximum Gasteiger partial charge on any atom is 0.423 e. The molecule has 0 aromatic heterocycles. The summed E-state index contributed by atoms with van der Waals surface area (Å²) >= 11 is 0. The van der Waals surface area contributed by atoms with E-state index in [2.05, 4.69) is 4.74 Å². The molecule has 3 amide bonds. The largest absolute Gasteiger partial charge is 0.491 e. The van der Waals surface area contributed by atoms with Gasteiger partial charge in [-0.05, 0) is 49.5 Å². The van der Waals surface area contributed by atoms with Crippen LogP contribution < -0.4 is 4.74 Å². The molecule has 0 bridgehead atoms. The van der Waals surface area contributed by atoms with Gasteiger partial charge < -0.3 is 14.6 Å². The van der Waals surface area contributed by atoms with Crippen molar-refractivity contribution in [2.75, 3.05) is 20.3 Å². The van der Waals surface area contributed by atoms with Gasteiger partial charge in [0.05, 0.1) is 25.6 Å². The van der Waals surface area contributed by atoms with E-state index in [4.69, 9.17) is 9.84 Å². The molecule has 0 radical (unpaired) electrons. The number of aliphatic hydroxyl groups is 1. The quantitative estimate of drug-likeness (QED) is 0.386. The highest BCUT2D eigenvalue weighted by Gasteiger charge is 2.58. The Hall–Kier alpha value is -3.85. The number of hydrogen-bond acceptors (Lipinski definition) is 8. The Kier molecular flexibility index (Phi) is 5.96. The van der Waals surface area contributed by atoms with Crippen molar-refractivity contribution in [3.63, 3.8) is 0 Å². The Balaban J connectivity index is 1.61. The van der Waals surface area contributed by atoms with Gasteiger partial charge in [-0.3, -0.25) is 19.2 Å². The number of fused-ring (bicyclic) bond motifs is 3. The van der Waals surface area contributed by atoms with Crippen molar-refractivity contribution in [3.8, 4) is 5.75 Å². The van der Waals surface area contributed by atoms with Crippen LogP contribution in [0, 0.1) is 17.8 Å². The van der Waals surface area contributed by atoms with E-state index in [-0.39, 0.29) is 37.6 Å². The molecule has 9 nitrogen and oxygen atoms in total. The number of nitrogens with zero attached hydrogens (tertiary/aromatic N) is 1. The normalized spacial score (nSPS) is 27.2. The van der Waals surface area contributed by atoms with Crippen LogP contribution in [-0.2, 0) is 23.9 Å². The van der Waals surface area contributed by atoms with Crippen LogP contribution in [0.25, 0.3) is 0 Å². The van der Waals surface area contributed by atoms with Crippen molar-refractivity contribution in [2.45, 2.75) is 25.7 Å². The average Bonchev–Trinajstić information content (AvgIpc) is 3.14. The number of benzene rings is 1. The zero-order chi connectivity index (χ0) is 25.7. The lowest BCUT2D eigenvalue weighted by Crippen LogP contribution is -2.40. The highest BCUT2D eigenvalue weighted by Crippen LogP contribution is 2.55. The molecule has 3 aliphatic carbocycles. The van der Waals surface area contributed by atoms with Crippen LogP contribution in [0.2, 0.25) is 0 Å². The van der Waals surface area contributed by atoms with Gasteiger partial charge in [-0.15, -0.1) is 0 Å². The highest BCUT2D eigenvalue weighted by molar-refractivity contribution is 6.24. The summed E-state index contributed by atoms with van der Waals surface area (Å²) in [7, 11) is 1.11. The molecule has 1 saturated heterocycles. The molecule has 36 heavy (non-hydrogen) atoms. The standard InChI is InChI=1S/C27H25NO8/c1-13-11-20(30)23-19(24(13)31)12-18-16(21(23)14-3-5-15(6-4-14)36-10-9-29)7-8-17-22(18)26(33)28(25(17)32)27(34)35-2/h3-7,11,17-18,21-22,29H,8-10,12H2,1-2H3/t17-,18+,21-,22-/m0/s1. The Morgan fingerprint density at radius 1 is 1.08 bits per heavy atom. The summed E-state index contributed by atoms with van der Waals surface area (Å²) in [6.07, 6.45) is 2.59. The fraction of sp³-hybridized carbons (Fsp3) is 0.370. The summed E-state index contributed by atoms with van der Waals surface area (Å²) in [5.41, 5.74) is 2.60. The molecule has 4 aliphatic rings. The van der Waals surface area contributed by atoms with E-state index in [0.717, 1.165) is 18.2 Å². The number of amides is 3. The summed E-state index contributed by atoms with van der Waals surface area (Å²) in [4.78, 5) is 65.5. The highest BCUT2D eigenvalue weighted by atomic mass is 16.5. The van der Waals surface area contributed by atoms with E-state index in [1.165, 1.54) is 6.08 Å². The van der Waals surface area contributed by atoms with Crippen LogP contribution in [0.1, 0.15) is 31.2 Å². The number of rotatable bonds is 4. The van der Waals surface area contributed by atoms with E-state index in [1.54, 1.807) is 31.2 Å². The number of ether oxygens (including phenoxy) is 2. The molecule has 9 heteroatoms. The monoisotopic (exact) mass is 491 g/mol. The minimum absolute atomic E-state index is 0.130. The number of carbonyl (C=O) groups excluding carboxylic acids is 5. The molecule has 1 aliphatic heterocycles. The van der Waals surface area contributed by atoms with Crippen LogP contribution in [0.5, 0.6) is 5.75 Å². The van der Waals surface area contributed by atoms with E-state index in [0.29, 0.717) is 27.4 Å². The molecule has 0 saturated carbocycles. The third-order valence-corrected chi connectivity index (χ3v) is 7.49. The lowest BCUT2D eigenvalue weighted by molar-refractivity contribution is -0.137. The number of ketones is 2. The number of methoxy groups -OCH3 is 1. The maximum absolute atomic E-state index is 13.3. The molecule has 1 aromatic carbocycles. The summed E-state index contributed by atoms with van der Waals surface area (Å²) < 4.78 is 10.1. The Morgan fingerprint density at radius 3 is 2.47 bits per heavy atom. The smallest absolute Gasteiger partial charge is 0.423 e. The molecule has 1 aromatic rings. The summed E-state index contributed by atoms with van der Waals surface area (Å²) in [6, 6.07) is 7.03. The first-order chi connectivity index (χ1) is 17.3. The van der Waals surface area contributed by atoms with Crippen molar-refractivity contribution in [3.05, 3.63) is 64.3 Å². The maximum atomic E-state index is 13.3. The molecule has 4 atom stereocenters. The van der Waals surface area contributed by atoms with Gasteiger partial charge in [-0.25, -0.2) is 4.79 Å². The molecule has 0 unspecified atom stereocenters. The summed E-state index contributed by atoms with van der Waals surface area (Å²) in [5.74, 6) is -3.85. The first-order valence-electron chi connectivity index (χ1n) is 11.8. The fourth-order valence-corrected chi connectivity index (χ4v) is 5.95. The minimum Gasteiger partial charge on any atom is -0.491 e. The average molecular weight is 491 g/mol. The predicted molar refractivity (Wildman–Crippen MR) is 125 cm³/mol. The Morgan fingerprint density at radius 2 is 1.81 bits per heavy atom. The number of likely N-dealkylation sites (tertiary alicyclic amines) is 1. The van der Waals surface area contributed by atoms with E-state index in [9.17, 15) is 24.0 Å². The predicted octanol–water partition coefficient (Wildman–Crippen LogP) is 2.25. The lowest BCUT2D eigenvalue weighted by Gasteiger charge is -2.42. The molecular formula is C27H25NO8. The number of allylic oxidation sites excluding steroid dienone is 6. The molecule has 186 valence electrons. The number of aliphatic hydroxyl groups excluding tert-OH is 1.